The molecule has 0 fully saturated rings. The average molecular weight is 946 g/mol. The molecular formula is C33H40Br3Cl5N2O4. The van der Waals surface area contributed by atoms with E-state index in [4.69, 9.17) is 63.7 Å². The molecule has 14 heteroatoms. The molecule has 0 amide bonds. The highest BCUT2D eigenvalue weighted by Gasteiger charge is 2.21. The number of hydrogen-bond acceptors (Lipinski definition) is 6. The van der Waals surface area contributed by atoms with E-state index in [9.17, 15) is 9.70 Å². The van der Waals surface area contributed by atoms with E-state index < -0.39 is 3.79 Å². The molecule has 0 aliphatic rings. The van der Waals surface area contributed by atoms with Crippen molar-refractivity contribution >= 4 is 117 Å². The molecule has 0 saturated carbocycles. The zero-order valence-corrected chi connectivity index (χ0v) is 35.5. The third-order valence-corrected chi connectivity index (χ3v) is 7.54. The largest absolute Gasteiger partial charge is 0.469 e. The summed E-state index contributed by atoms with van der Waals surface area (Å²) in [5, 5.41) is 2.26. The number of esters is 1. The van der Waals surface area contributed by atoms with Crippen molar-refractivity contribution in [1.29, 1.82) is 0 Å². The summed E-state index contributed by atoms with van der Waals surface area (Å²) >= 11 is 36.9. The van der Waals surface area contributed by atoms with Gasteiger partial charge in [-0.25, -0.2) is 0 Å². The van der Waals surface area contributed by atoms with Crippen LogP contribution in [0, 0.1) is 31.6 Å². The molecule has 2 N–H and O–H groups in total. The van der Waals surface area contributed by atoms with Gasteiger partial charge in [0.15, 0.2) is 9.13 Å². The summed E-state index contributed by atoms with van der Waals surface area (Å²) in [4.78, 5) is 24.5. The van der Waals surface area contributed by atoms with Gasteiger partial charge in [-0.05, 0) is 97.3 Å². The third-order valence-electron chi connectivity index (χ3n) is 5.66. The summed E-state index contributed by atoms with van der Waals surface area (Å²) < 4.78 is 6.51. The molecule has 0 aliphatic heterocycles. The van der Waals surface area contributed by atoms with Gasteiger partial charge in [0.05, 0.1) is 18.0 Å². The Morgan fingerprint density at radius 1 is 0.872 bits per heavy atom. The van der Waals surface area contributed by atoms with Crippen LogP contribution in [0.1, 0.15) is 48.1 Å². The van der Waals surface area contributed by atoms with Crippen molar-refractivity contribution in [1.82, 2.24) is 0 Å². The molecule has 262 valence electrons. The summed E-state index contributed by atoms with van der Waals surface area (Å²) in [5.74, 6) is 0.373. The van der Waals surface area contributed by atoms with E-state index in [-0.39, 0.29) is 10.5 Å². The van der Waals surface area contributed by atoms with E-state index in [0.717, 1.165) is 53.3 Å². The standard InChI is InChI=1S/C10H11BrO2.C9H8BrCl3.C7H8BrN.C5H11NO2.C2H2Cl2/c1-7-3-4-9(11)5-8(7)6-10(12)13-2;1-6-2-3-8(10)4-7(6)5-9(11,12)13;1-5-2-3-6(8)4-7(5)9;1-5(2)3-4-8-6-7;1-2(3)4/h3-5H,6H2,1-2H3;2-4H,5H2,1H3;2-4H,9H2,1H3;5H,3-4H2,1-2H3;1H2. The quantitative estimate of drug-likeness (QED) is 0.0636. The molecule has 0 atom stereocenters. The molecule has 0 bridgehead atoms. The first-order chi connectivity index (χ1) is 21.7. The summed E-state index contributed by atoms with van der Waals surface area (Å²) in [7, 11) is 1.40. The van der Waals surface area contributed by atoms with Crippen LogP contribution in [-0.2, 0) is 27.2 Å². The van der Waals surface area contributed by atoms with E-state index >= 15 is 0 Å². The Hall–Kier alpha value is -1.04. The number of nitrogens with zero attached hydrogens (tertiary/aromatic N) is 1. The van der Waals surface area contributed by atoms with E-state index in [1.54, 1.807) is 0 Å². The Kier molecular flexibility index (Phi) is 27.4. The molecule has 47 heavy (non-hydrogen) atoms. The fraction of sp³-hybridized carbons (Fsp3) is 0.364. The molecule has 6 nitrogen and oxygen atoms in total. The van der Waals surface area contributed by atoms with Crippen LogP contribution >= 0.6 is 106 Å². The molecule has 0 spiro atoms. The lowest BCUT2D eigenvalue weighted by Crippen LogP contribution is -2.07. The molecule has 0 heterocycles. The average Bonchev–Trinajstić information content (AvgIpc) is 2.95. The minimum absolute atomic E-state index is 0.111. The number of halogens is 8. The Labute approximate surface area is 329 Å². The number of anilines is 1. The topological polar surface area (TPSA) is 91.0 Å². The maximum Gasteiger partial charge on any atom is 0.309 e. The van der Waals surface area contributed by atoms with Gasteiger partial charge in [0.1, 0.15) is 6.61 Å². The first kappa shape index (κ1) is 48.1. The second-order valence-electron chi connectivity index (χ2n) is 10.1. The van der Waals surface area contributed by atoms with Gasteiger partial charge in [0.2, 0.25) is 0 Å². The Balaban J connectivity index is 0. The van der Waals surface area contributed by atoms with Crippen molar-refractivity contribution in [2.24, 2.45) is 11.3 Å². The van der Waals surface area contributed by atoms with E-state index in [2.05, 4.69) is 83.1 Å². The molecule has 0 unspecified atom stereocenters. The summed E-state index contributed by atoms with van der Waals surface area (Å²) in [5.41, 5.74) is 11.8. The van der Waals surface area contributed by atoms with Crippen LogP contribution in [0.5, 0.6) is 0 Å². The van der Waals surface area contributed by atoms with E-state index in [1.165, 1.54) is 7.11 Å². The smallest absolute Gasteiger partial charge is 0.309 e. The van der Waals surface area contributed by atoms with Crippen LogP contribution in [0.3, 0.4) is 0 Å². The van der Waals surface area contributed by atoms with E-state index in [0.29, 0.717) is 25.4 Å². The van der Waals surface area contributed by atoms with Crippen molar-refractivity contribution in [3.8, 4) is 0 Å². The molecular weight excluding hydrogens is 905 g/mol. The van der Waals surface area contributed by atoms with Gasteiger partial charge in [-0.15, -0.1) is 4.91 Å². The summed E-state index contributed by atoms with van der Waals surface area (Å²) in [6.45, 7) is 13.6. The highest BCUT2D eigenvalue weighted by atomic mass is 79.9. The van der Waals surface area contributed by atoms with Crippen LogP contribution < -0.4 is 5.73 Å². The maximum atomic E-state index is 11.0. The zero-order chi connectivity index (χ0) is 36.7. The fourth-order valence-electron chi connectivity index (χ4n) is 3.04. The fourth-order valence-corrected chi connectivity index (χ4v) is 4.67. The molecule has 0 aromatic heterocycles. The van der Waals surface area contributed by atoms with Gasteiger partial charge in [-0.2, -0.15) is 0 Å². The van der Waals surface area contributed by atoms with Crippen molar-refractivity contribution in [3.05, 3.63) is 112 Å². The number of methoxy groups -OCH3 is 1. The van der Waals surface area contributed by atoms with Crippen LogP contribution in [0.4, 0.5) is 5.69 Å². The lowest BCUT2D eigenvalue weighted by molar-refractivity contribution is -0.139. The third kappa shape index (κ3) is 28.5. The first-order valence-corrected chi connectivity index (χ1v) is 18.1. The highest BCUT2D eigenvalue weighted by molar-refractivity contribution is 9.11. The minimum Gasteiger partial charge on any atom is -0.469 e. The number of aryl methyl sites for hydroxylation is 3. The second kappa shape index (κ2) is 26.8. The number of alkyl halides is 3. The SMILES string of the molecule is C=C(Cl)Cl.CC(C)CCON=O.COC(=O)Cc1cc(Br)ccc1C.Cc1ccc(Br)cc1CC(Cl)(Cl)Cl.Cc1ccc(Br)cc1N. The van der Waals surface area contributed by atoms with Gasteiger partial charge in [-0.1, -0.05) is 144 Å². The number of ether oxygens (including phenoxy) is 1. The van der Waals surface area contributed by atoms with Crippen molar-refractivity contribution < 1.29 is 14.4 Å². The van der Waals surface area contributed by atoms with Crippen molar-refractivity contribution in [2.75, 3.05) is 19.5 Å². The Morgan fingerprint density at radius 3 is 1.68 bits per heavy atom. The zero-order valence-electron chi connectivity index (χ0n) is 27.0. The number of benzene rings is 3. The number of carbonyl (C=O) groups is 1. The van der Waals surface area contributed by atoms with Crippen molar-refractivity contribution in [2.45, 2.75) is 57.7 Å². The lowest BCUT2D eigenvalue weighted by Gasteiger charge is -2.12. The number of carbonyl (C=O) groups excluding carboxylic acids is 1. The molecule has 3 aromatic carbocycles. The number of hydrogen-bond donors (Lipinski definition) is 1. The van der Waals surface area contributed by atoms with Crippen LogP contribution in [0.2, 0.25) is 0 Å². The van der Waals surface area contributed by atoms with Crippen LogP contribution in [-0.4, -0.2) is 23.5 Å². The molecule has 0 radical (unpaired) electrons. The molecule has 0 aliphatic carbocycles. The normalized spacial score (nSPS) is 9.94. The molecule has 3 rings (SSSR count). The monoisotopic (exact) mass is 940 g/mol. The summed E-state index contributed by atoms with van der Waals surface area (Å²) in [6.07, 6.45) is 1.66. The van der Waals surface area contributed by atoms with Gasteiger partial charge in [0, 0.05) is 25.5 Å². The van der Waals surface area contributed by atoms with Gasteiger partial charge in [-0.3, -0.25) is 4.79 Å². The van der Waals surface area contributed by atoms with E-state index in [1.807, 2.05) is 75.4 Å². The van der Waals surface area contributed by atoms with Crippen molar-refractivity contribution in [3.63, 3.8) is 0 Å². The number of nitrogen functional groups attached to an aromatic ring is 1. The number of nitrogens with two attached hydrogens (primary N) is 1. The van der Waals surface area contributed by atoms with Gasteiger partial charge < -0.3 is 15.3 Å². The molecule has 0 saturated heterocycles. The number of rotatable bonds is 7. The minimum atomic E-state index is -1.22. The first-order valence-electron chi connectivity index (χ1n) is 13.8. The highest BCUT2D eigenvalue weighted by Crippen LogP contribution is 2.32. The van der Waals surface area contributed by atoms with Gasteiger partial charge in [0.25, 0.3) is 0 Å². The van der Waals surface area contributed by atoms with Crippen LogP contribution in [0.15, 0.2) is 84.4 Å². The second-order valence-corrected chi connectivity index (χ2v) is 16.5. The molecule has 3 aromatic rings. The lowest BCUT2D eigenvalue weighted by atomic mass is 10.1. The Morgan fingerprint density at radius 2 is 1.30 bits per heavy atom. The predicted octanol–water partition coefficient (Wildman–Crippen LogP) is 13.1. The van der Waals surface area contributed by atoms with Gasteiger partial charge >= 0.3 is 5.97 Å². The summed E-state index contributed by atoms with van der Waals surface area (Å²) in [6, 6.07) is 17.7. The Bertz CT molecular complexity index is 1390. The maximum absolute atomic E-state index is 11.0. The predicted molar refractivity (Wildman–Crippen MR) is 213 cm³/mol. The van der Waals surface area contributed by atoms with Crippen LogP contribution in [0.25, 0.3) is 0 Å².